The molecule has 1 aliphatic carbocycles. The maximum atomic E-state index is 10.2. The Kier molecular flexibility index (Phi) is 3.40. The maximum Gasteiger partial charge on any atom is 0.121 e. The molecule has 1 heterocycles. The summed E-state index contributed by atoms with van der Waals surface area (Å²) in [4.78, 5) is 4.12. The first-order valence-corrected chi connectivity index (χ1v) is 6.66. The third-order valence-electron chi connectivity index (χ3n) is 3.05. The molecule has 98 valence electrons. The van der Waals surface area contributed by atoms with Crippen molar-refractivity contribution in [3.63, 3.8) is 0 Å². The van der Waals surface area contributed by atoms with Crippen LogP contribution < -0.4 is 4.74 Å². The fraction of sp³-hybridized carbons (Fsp3) is 0.267. The zero-order valence-electron chi connectivity index (χ0n) is 10.3. The van der Waals surface area contributed by atoms with Crippen LogP contribution >= 0.6 is 11.6 Å². The highest BCUT2D eigenvalue weighted by Crippen LogP contribution is 2.28. The Balaban J connectivity index is 1.75. The van der Waals surface area contributed by atoms with E-state index in [0.29, 0.717) is 16.8 Å². The van der Waals surface area contributed by atoms with Gasteiger partial charge in [0.2, 0.25) is 0 Å². The second-order valence-corrected chi connectivity index (χ2v) is 5.13. The lowest BCUT2D eigenvalue weighted by molar-refractivity contribution is 0.215. The zero-order chi connectivity index (χ0) is 13.2. The fourth-order valence-corrected chi connectivity index (χ4v) is 1.94. The molecule has 1 aromatic carbocycles. The summed E-state index contributed by atoms with van der Waals surface area (Å²) in [7, 11) is 0. The van der Waals surface area contributed by atoms with Gasteiger partial charge in [0.15, 0.2) is 0 Å². The predicted molar refractivity (Wildman–Crippen MR) is 73.4 cm³/mol. The normalized spacial score (nSPS) is 16.1. The maximum absolute atomic E-state index is 10.2. The SMILES string of the molecule is OC(c1ccc(OC2CC2)cc1)c1ccc(Cl)cn1. The Morgan fingerprint density at radius 2 is 1.89 bits per heavy atom. The predicted octanol–water partition coefficient (Wildman–Crippen LogP) is 3.36. The molecule has 0 aliphatic heterocycles. The number of nitrogens with zero attached hydrogens (tertiary/aromatic N) is 1. The molecule has 1 aliphatic rings. The van der Waals surface area contributed by atoms with Crippen molar-refractivity contribution >= 4 is 11.6 Å². The van der Waals surface area contributed by atoms with E-state index in [2.05, 4.69) is 4.98 Å². The van der Waals surface area contributed by atoms with Gasteiger partial charge < -0.3 is 9.84 Å². The van der Waals surface area contributed by atoms with Gasteiger partial charge in [-0.1, -0.05) is 23.7 Å². The van der Waals surface area contributed by atoms with Crippen molar-refractivity contribution in [2.24, 2.45) is 0 Å². The standard InChI is InChI=1S/C15H14ClNO2/c16-11-3-8-14(17-9-11)15(18)10-1-4-12(5-2-10)19-13-6-7-13/h1-5,8-9,13,15,18H,6-7H2. The van der Waals surface area contributed by atoms with Gasteiger partial charge in [-0.15, -0.1) is 0 Å². The first-order valence-electron chi connectivity index (χ1n) is 6.28. The minimum Gasteiger partial charge on any atom is -0.490 e. The summed E-state index contributed by atoms with van der Waals surface area (Å²) >= 11 is 5.78. The Hall–Kier alpha value is -1.58. The molecular weight excluding hydrogens is 262 g/mol. The van der Waals surface area contributed by atoms with Crippen molar-refractivity contribution in [3.05, 3.63) is 58.9 Å². The van der Waals surface area contributed by atoms with Gasteiger partial charge in [-0.05, 0) is 42.7 Å². The summed E-state index contributed by atoms with van der Waals surface area (Å²) in [6, 6.07) is 10.9. The quantitative estimate of drug-likeness (QED) is 0.930. The molecule has 3 nitrogen and oxygen atoms in total. The van der Waals surface area contributed by atoms with Crippen molar-refractivity contribution in [1.82, 2.24) is 4.98 Å². The Bertz CT molecular complexity index is 549. The van der Waals surface area contributed by atoms with Gasteiger partial charge in [-0.3, -0.25) is 4.98 Å². The minimum absolute atomic E-state index is 0.383. The van der Waals surface area contributed by atoms with Crippen LogP contribution in [-0.2, 0) is 0 Å². The van der Waals surface area contributed by atoms with Crippen LogP contribution in [0.2, 0.25) is 5.02 Å². The van der Waals surface area contributed by atoms with Crippen LogP contribution in [0.25, 0.3) is 0 Å². The smallest absolute Gasteiger partial charge is 0.121 e. The van der Waals surface area contributed by atoms with E-state index >= 15 is 0 Å². The molecule has 0 saturated heterocycles. The van der Waals surface area contributed by atoms with E-state index in [1.54, 1.807) is 12.1 Å². The summed E-state index contributed by atoms with van der Waals surface area (Å²) in [5, 5.41) is 10.8. The van der Waals surface area contributed by atoms with E-state index in [-0.39, 0.29) is 0 Å². The third kappa shape index (κ3) is 3.06. The molecule has 0 bridgehead atoms. The van der Waals surface area contributed by atoms with Crippen molar-refractivity contribution in [3.8, 4) is 5.75 Å². The number of aromatic nitrogens is 1. The molecule has 2 aromatic rings. The average molecular weight is 276 g/mol. The average Bonchev–Trinajstić information content (AvgIpc) is 3.24. The lowest BCUT2D eigenvalue weighted by atomic mass is 10.1. The Labute approximate surface area is 116 Å². The highest BCUT2D eigenvalue weighted by molar-refractivity contribution is 6.30. The molecule has 0 amide bonds. The van der Waals surface area contributed by atoms with E-state index in [4.69, 9.17) is 16.3 Å². The molecule has 1 saturated carbocycles. The molecule has 1 fully saturated rings. The summed E-state index contributed by atoms with van der Waals surface area (Å²) in [6.07, 6.45) is 3.45. The van der Waals surface area contributed by atoms with Gasteiger partial charge >= 0.3 is 0 Å². The molecule has 4 heteroatoms. The first kappa shape index (κ1) is 12.5. The topological polar surface area (TPSA) is 42.4 Å². The van der Waals surface area contributed by atoms with E-state index in [0.717, 1.165) is 24.2 Å². The summed E-state index contributed by atoms with van der Waals surface area (Å²) in [5.41, 5.74) is 1.37. The number of benzene rings is 1. The van der Waals surface area contributed by atoms with Gasteiger partial charge in [0.25, 0.3) is 0 Å². The number of halogens is 1. The molecule has 1 atom stereocenters. The van der Waals surface area contributed by atoms with Crippen LogP contribution in [0.15, 0.2) is 42.6 Å². The molecule has 1 aromatic heterocycles. The van der Waals surface area contributed by atoms with Gasteiger partial charge in [-0.25, -0.2) is 0 Å². The summed E-state index contributed by atoms with van der Waals surface area (Å²) in [5.74, 6) is 0.850. The number of ether oxygens (including phenoxy) is 1. The molecule has 3 rings (SSSR count). The van der Waals surface area contributed by atoms with E-state index in [1.807, 2.05) is 24.3 Å². The first-order chi connectivity index (χ1) is 9.22. The van der Waals surface area contributed by atoms with Gasteiger partial charge in [0, 0.05) is 6.20 Å². The minimum atomic E-state index is -0.743. The zero-order valence-corrected chi connectivity index (χ0v) is 11.0. The van der Waals surface area contributed by atoms with Crippen molar-refractivity contribution in [2.75, 3.05) is 0 Å². The van der Waals surface area contributed by atoms with Gasteiger partial charge in [0.05, 0.1) is 16.8 Å². The molecule has 1 N–H and O–H groups in total. The molecule has 0 spiro atoms. The monoisotopic (exact) mass is 275 g/mol. The van der Waals surface area contributed by atoms with Gasteiger partial charge in [0.1, 0.15) is 11.9 Å². The molecule has 0 radical (unpaired) electrons. The molecular formula is C15H14ClNO2. The number of hydrogen-bond donors (Lipinski definition) is 1. The largest absolute Gasteiger partial charge is 0.490 e. The number of pyridine rings is 1. The van der Waals surface area contributed by atoms with Crippen LogP contribution in [0, 0.1) is 0 Å². The van der Waals surface area contributed by atoms with Crippen LogP contribution in [0.5, 0.6) is 5.75 Å². The van der Waals surface area contributed by atoms with Crippen molar-refractivity contribution < 1.29 is 9.84 Å². The van der Waals surface area contributed by atoms with Crippen LogP contribution in [0.4, 0.5) is 0 Å². The lowest BCUT2D eigenvalue weighted by Crippen LogP contribution is -2.02. The Morgan fingerprint density at radius 3 is 2.47 bits per heavy atom. The van der Waals surface area contributed by atoms with E-state index in [9.17, 15) is 5.11 Å². The summed E-state index contributed by atoms with van der Waals surface area (Å²) in [6.45, 7) is 0. The summed E-state index contributed by atoms with van der Waals surface area (Å²) < 4.78 is 5.67. The van der Waals surface area contributed by atoms with E-state index < -0.39 is 6.10 Å². The number of hydrogen-bond acceptors (Lipinski definition) is 3. The second kappa shape index (κ2) is 5.19. The Morgan fingerprint density at radius 1 is 1.16 bits per heavy atom. The number of aliphatic hydroxyl groups excluding tert-OH is 1. The highest BCUT2D eigenvalue weighted by atomic mass is 35.5. The van der Waals surface area contributed by atoms with E-state index in [1.165, 1.54) is 6.20 Å². The fourth-order valence-electron chi connectivity index (χ4n) is 1.83. The number of aliphatic hydroxyl groups is 1. The highest BCUT2D eigenvalue weighted by Gasteiger charge is 2.23. The number of rotatable bonds is 4. The van der Waals surface area contributed by atoms with Gasteiger partial charge in [-0.2, -0.15) is 0 Å². The van der Waals surface area contributed by atoms with Crippen molar-refractivity contribution in [1.29, 1.82) is 0 Å². The molecule has 19 heavy (non-hydrogen) atoms. The third-order valence-corrected chi connectivity index (χ3v) is 3.28. The second-order valence-electron chi connectivity index (χ2n) is 4.69. The van der Waals surface area contributed by atoms with Crippen LogP contribution in [0.3, 0.4) is 0 Å². The lowest BCUT2D eigenvalue weighted by Gasteiger charge is -2.11. The molecule has 1 unspecified atom stereocenters. The van der Waals surface area contributed by atoms with Crippen LogP contribution in [-0.4, -0.2) is 16.2 Å². The van der Waals surface area contributed by atoms with Crippen LogP contribution in [0.1, 0.15) is 30.2 Å². The van der Waals surface area contributed by atoms with Crippen molar-refractivity contribution in [2.45, 2.75) is 25.0 Å².